The van der Waals surface area contributed by atoms with E-state index in [0.29, 0.717) is 41.0 Å². The Labute approximate surface area is 188 Å². The summed E-state index contributed by atoms with van der Waals surface area (Å²) in [5.74, 6) is 1.33. The van der Waals surface area contributed by atoms with E-state index in [1.807, 2.05) is 25.1 Å². The molecule has 31 heavy (non-hydrogen) atoms. The van der Waals surface area contributed by atoms with Gasteiger partial charge in [0.15, 0.2) is 0 Å². The van der Waals surface area contributed by atoms with Gasteiger partial charge in [-0.2, -0.15) is 4.98 Å². The monoisotopic (exact) mass is 501 g/mol. The molecule has 1 aromatic heterocycles. The highest BCUT2D eigenvalue weighted by molar-refractivity contribution is 9.10. The number of alkyl halides is 3. The van der Waals surface area contributed by atoms with Crippen molar-refractivity contribution < 1.29 is 17.9 Å². The van der Waals surface area contributed by atoms with Gasteiger partial charge in [-0.05, 0) is 62.4 Å². The lowest BCUT2D eigenvalue weighted by atomic mass is 9.91. The van der Waals surface area contributed by atoms with Crippen LogP contribution in [0.25, 0.3) is 0 Å². The molecule has 0 bridgehead atoms. The fraction of sp³-hybridized carbons (Fsp3) is 0.524. The molecule has 0 radical (unpaired) electrons. The van der Waals surface area contributed by atoms with Gasteiger partial charge in [-0.1, -0.05) is 22.0 Å². The van der Waals surface area contributed by atoms with Gasteiger partial charge in [-0.15, -0.1) is 13.2 Å². The van der Waals surface area contributed by atoms with Crippen molar-refractivity contribution in [1.82, 2.24) is 15.3 Å². The van der Waals surface area contributed by atoms with Crippen LogP contribution in [-0.2, 0) is 6.42 Å². The molecule has 1 fully saturated rings. The third kappa shape index (κ3) is 7.53. The Balaban J connectivity index is 1.44. The van der Waals surface area contributed by atoms with E-state index < -0.39 is 6.36 Å². The number of benzene rings is 1. The Kier molecular flexibility index (Phi) is 7.99. The molecule has 1 aromatic carbocycles. The Morgan fingerprint density at radius 1 is 1.13 bits per heavy atom. The van der Waals surface area contributed by atoms with Crippen LogP contribution in [0.2, 0.25) is 0 Å². The maximum Gasteiger partial charge on any atom is 0.573 e. The minimum atomic E-state index is -4.70. The zero-order valence-corrected chi connectivity index (χ0v) is 19.1. The minimum Gasteiger partial charge on any atom is -0.405 e. The molecule has 6 nitrogen and oxygen atoms in total. The van der Waals surface area contributed by atoms with Crippen molar-refractivity contribution in [1.29, 1.82) is 0 Å². The van der Waals surface area contributed by atoms with Crippen LogP contribution in [0, 0.1) is 0 Å². The second-order valence-electron chi connectivity index (χ2n) is 7.83. The van der Waals surface area contributed by atoms with Crippen molar-refractivity contribution in [2.24, 2.45) is 0 Å². The summed E-state index contributed by atoms with van der Waals surface area (Å²) in [6.45, 7) is 0.590. The molecule has 10 heteroatoms. The molecule has 1 heterocycles. The van der Waals surface area contributed by atoms with E-state index in [1.165, 1.54) is 6.07 Å². The molecular weight excluding hydrogens is 475 g/mol. The summed E-state index contributed by atoms with van der Waals surface area (Å²) in [5.41, 5.74) is 0.529. The van der Waals surface area contributed by atoms with Crippen molar-refractivity contribution in [3.05, 3.63) is 40.5 Å². The molecule has 1 aliphatic rings. The summed E-state index contributed by atoms with van der Waals surface area (Å²) in [5, 5.41) is 6.88. The number of ether oxygens (including phenoxy) is 1. The first-order valence-electron chi connectivity index (χ1n) is 10.2. The zero-order chi connectivity index (χ0) is 22.4. The van der Waals surface area contributed by atoms with E-state index in [9.17, 15) is 13.2 Å². The van der Waals surface area contributed by atoms with Gasteiger partial charge in [0.25, 0.3) is 0 Å². The number of nitrogens with zero attached hydrogens (tertiary/aromatic N) is 3. The van der Waals surface area contributed by atoms with Crippen LogP contribution in [0.5, 0.6) is 5.75 Å². The molecule has 2 aromatic rings. The van der Waals surface area contributed by atoms with Crippen LogP contribution < -0.4 is 20.3 Å². The second-order valence-corrected chi connectivity index (χ2v) is 8.75. The van der Waals surface area contributed by atoms with Gasteiger partial charge in [0.2, 0.25) is 5.95 Å². The fourth-order valence-corrected chi connectivity index (χ4v) is 4.00. The first-order chi connectivity index (χ1) is 14.7. The van der Waals surface area contributed by atoms with E-state index in [0.717, 1.165) is 31.5 Å². The number of rotatable bonds is 8. The molecule has 0 atom stereocenters. The first kappa shape index (κ1) is 23.6. The summed E-state index contributed by atoms with van der Waals surface area (Å²) in [4.78, 5) is 10.7. The predicted molar refractivity (Wildman–Crippen MR) is 119 cm³/mol. The zero-order valence-electron chi connectivity index (χ0n) is 17.5. The number of anilines is 2. The molecule has 0 saturated heterocycles. The van der Waals surface area contributed by atoms with Gasteiger partial charge in [-0.3, -0.25) is 0 Å². The number of halogens is 4. The van der Waals surface area contributed by atoms with Crippen molar-refractivity contribution >= 4 is 27.7 Å². The lowest BCUT2D eigenvalue weighted by Gasteiger charge is -2.30. The van der Waals surface area contributed by atoms with Crippen LogP contribution in [0.4, 0.5) is 24.9 Å². The van der Waals surface area contributed by atoms with Crippen molar-refractivity contribution in [2.75, 3.05) is 30.9 Å². The molecule has 1 aliphatic carbocycles. The number of aromatic nitrogens is 2. The Morgan fingerprint density at radius 3 is 2.52 bits per heavy atom. The Morgan fingerprint density at radius 2 is 1.84 bits per heavy atom. The average Bonchev–Trinajstić information content (AvgIpc) is 2.70. The summed E-state index contributed by atoms with van der Waals surface area (Å²) in [6.07, 6.45) is 1.43. The maximum absolute atomic E-state index is 12.7. The third-order valence-corrected chi connectivity index (χ3v) is 5.73. The quantitative estimate of drug-likeness (QED) is 0.543. The van der Waals surface area contributed by atoms with Crippen LogP contribution >= 0.6 is 15.9 Å². The molecule has 0 unspecified atom stereocenters. The Hall–Kier alpha value is -2.07. The van der Waals surface area contributed by atoms with E-state index >= 15 is 0 Å². The molecule has 0 aliphatic heterocycles. The van der Waals surface area contributed by atoms with Gasteiger partial charge < -0.3 is 20.3 Å². The lowest BCUT2D eigenvalue weighted by Crippen LogP contribution is -2.38. The molecule has 2 N–H and O–H groups in total. The van der Waals surface area contributed by atoms with Gasteiger partial charge in [0.1, 0.15) is 11.6 Å². The minimum absolute atomic E-state index is 0.156. The molecule has 0 spiro atoms. The topological polar surface area (TPSA) is 62.3 Å². The smallest absolute Gasteiger partial charge is 0.405 e. The first-order valence-corrected chi connectivity index (χ1v) is 11.0. The standard InChI is InChI=1S/C21H27BrF3N5O/c1-30(2)19-10-12-27-20(29-19)28-17-7-5-16(6-8-17)26-11-9-14-3-4-15(22)13-18(14)31-21(23,24)25/h3-4,10,12-13,16-17,26H,5-9,11H2,1-2H3,(H,27,28,29). The SMILES string of the molecule is CN(C)c1ccnc(NC2CCC(NCCc3ccc(Br)cc3OC(F)(F)F)CC2)n1. The van der Waals surface area contributed by atoms with Crippen LogP contribution in [0.1, 0.15) is 31.2 Å². The highest BCUT2D eigenvalue weighted by atomic mass is 79.9. The van der Waals surface area contributed by atoms with Gasteiger partial charge >= 0.3 is 6.36 Å². The van der Waals surface area contributed by atoms with E-state index in [4.69, 9.17) is 0 Å². The van der Waals surface area contributed by atoms with E-state index in [-0.39, 0.29) is 5.75 Å². The summed E-state index contributed by atoms with van der Waals surface area (Å²) < 4.78 is 42.7. The van der Waals surface area contributed by atoms with Gasteiger partial charge in [-0.25, -0.2) is 4.98 Å². The molecule has 3 rings (SSSR count). The van der Waals surface area contributed by atoms with Gasteiger partial charge in [0, 0.05) is 36.8 Å². The molecular formula is C21H27BrF3N5O. The summed E-state index contributed by atoms with van der Waals surface area (Å²) in [7, 11) is 3.88. The predicted octanol–water partition coefficient (Wildman–Crippen LogP) is 4.76. The van der Waals surface area contributed by atoms with E-state index in [1.54, 1.807) is 18.3 Å². The number of nitrogens with one attached hydrogen (secondary N) is 2. The normalized spacial score (nSPS) is 19.2. The summed E-state index contributed by atoms with van der Waals surface area (Å²) in [6, 6.07) is 7.26. The van der Waals surface area contributed by atoms with Crippen LogP contribution in [0.3, 0.4) is 0 Å². The van der Waals surface area contributed by atoms with Gasteiger partial charge in [0.05, 0.1) is 0 Å². The molecule has 0 amide bonds. The highest BCUT2D eigenvalue weighted by Crippen LogP contribution is 2.30. The largest absolute Gasteiger partial charge is 0.573 e. The van der Waals surface area contributed by atoms with E-state index in [2.05, 4.69) is 41.3 Å². The maximum atomic E-state index is 12.7. The van der Waals surface area contributed by atoms with Crippen molar-refractivity contribution in [2.45, 2.75) is 50.6 Å². The average molecular weight is 502 g/mol. The number of hydrogen-bond acceptors (Lipinski definition) is 6. The van der Waals surface area contributed by atoms with Crippen LogP contribution in [0.15, 0.2) is 34.9 Å². The fourth-order valence-electron chi connectivity index (χ4n) is 3.66. The second kappa shape index (κ2) is 10.5. The highest BCUT2D eigenvalue weighted by Gasteiger charge is 2.32. The molecule has 170 valence electrons. The number of hydrogen-bond donors (Lipinski definition) is 2. The summed E-state index contributed by atoms with van der Waals surface area (Å²) >= 11 is 3.19. The van der Waals surface area contributed by atoms with Crippen molar-refractivity contribution in [3.63, 3.8) is 0 Å². The van der Waals surface area contributed by atoms with Crippen molar-refractivity contribution in [3.8, 4) is 5.75 Å². The Bertz CT molecular complexity index is 857. The molecule has 1 saturated carbocycles. The van der Waals surface area contributed by atoms with Crippen LogP contribution in [-0.4, -0.2) is 49.1 Å². The lowest BCUT2D eigenvalue weighted by molar-refractivity contribution is -0.274. The third-order valence-electron chi connectivity index (χ3n) is 5.24.